The molecule has 0 unspecified atom stereocenters. The van der Waals surface area contributed by atoms with E-state index in [-0.39, 0.29) is 18.1 Å². The molecular formula is C16H14B2F6O4. The van der Waals surface area contributed by atoms with Crippen molar-refractivity contribution in [3.8, 4) is 0 Å². The fourth-order valence-electron chi connectivity index (χ4n) is 2.52. The van der Waals surface area contributed by atoms with Crippen molar-refractivity contribution in [2.75, 3.05) is 0 Å². The average molecular weight is 406 g/mol. The van der Waals surface area contributed by atoms with Gasteiger partial charge in [-0.25, -0.2) is 0 Å². The predicted octanol–water partition coefficient (Wildman–Crippen LogP) is 1.62. The van der Waals surface area contributed by atoms with Crippen LogP contribution in [0.25, 0.3) is 0 Å². The molecule has 0 aliphatic heterocycles. The van der Waals surface area contributed by atoms with Gasteiger partial charge in [0.2, 0.25) is 0 Å². The van der Waals surface area contributed by atoms with Crippen molar-refractivity contribution in [2.45, 2.75) is 25.9 Å². The molecule has 0 atom stereocenters. The summed E-state index contributed by atoms with van der Waals surface area (Å²) in [4.78, 5) is 0. The van der Waals surface area contributed by atoms with Gasteiger partial charge in [-0.05, 0) is 29.5 Å². The van der Waals surface area contributed by atoms with Gasteiger partial charge in [0.15, 0.2) is 0 Å². The van der Waals surface area contributed by atoms with E-state index in [1.54, 1.807) is 13.0 Å². The van der Waals surface area contributed by atoms with E-state index in [4.69, 9.17) is 4.65 Å². The Morgan fingerprint density at radius 1 is 0.786 bits per heavy atom. The van der Waals surface area contributed by atoms with Gasteiger partial charge in [0.05, 0.1) is 17.7 Å². The first-order valence-corrected chi connectivity index (χ1v) is 7.83. The van der Waals surface area contributed by atoms with Gasteiger partial charge in [-0.3, -0.25) is 0 Å². The van der Waals surface area contributed by atoms with Crippen LogP contribution in [-0.4, -0.2) is 29.3 Å². The third-order valence-corrected chi connectivity index (χ3v) is 3.76. The number of hydrogen-bond acceptors (Lipinski definition) is 4. The highest BCUT2D eigenvalue weighted by molar-refractivity contribution is 6.60. The van der Waals surface area contributed by atoms with Crippen LogP contribution >= 0.6 is 0 Å². The maximum absolute atomic E-state index is 12.9. The number of aryl methyl sites for hydroxylation is 1. The Bertz CT molecular complexity index is 807. The Hall–Kier alpha value is -2.01. The summed E-state index contributed by atoms with van der Waals surface area (Å²) < 4.78 is 82.3. The highest BCUT2D eigenvalue weighted by Gasteiger charge is 2.38. The zero-order chi connectivity index (χ0) is 21.3. The van der Waals surface area contributed by atoms with E-state index < -0.39 is 43.2 Å². The molecular weight excluding hydrogens is 392 g/mol. The lowest BCUT2D eigenvalue weighted by atomic mass is 9.77. The van der Waals surface area contributed by atoms with Gasteiger partial charge in [0.1, 0.15) is 0 Å². The summed E-state index contributed by atoms with van der Waals surface area (Å²) in [6.07, 6.45) is -10.1. The van der Waals surface area contributed by atoms with Crippen LogP contribution in [0, 0.1) is 6.92 Å². The van der Waals surface area contributed by atoms with Crippen molar-refractivity contribution >= 4 is 25.2 Å². The molecule has 150 valence electrons. The van der Waals surface area contributed by atoms with Crippen LogP contribution in [-0.2, 0) is 23.6 Å². The van der Waals surface area contributed by atoms with Gasteiger partial charge in [0.25, 0.3) is 0 Å². The normalized spacial score (nSPS) is 12.2. The highest BCUT2D eigenvalue weighted by Crippen LogP contribution is 2.34. The fraction of sp³-hybridized carbons (Fsp3) is 0.250. The van der Waals surface area contributed by atoms with Crippen molar-refractivity contribution in [2.24, 2.45) is 0 Å². The van der Waals surface area contributed by atoms with Gasteiger partial charge < -0.3 is 19.7 Å². The fourth-order valence-corrected chi connectivity index (χ4v) is 2.52. The zero-order valence-electron chi connectivity index (χ0n) is 14.3. The topological polar surface area (TPSA) is 69.9 Å². The minimum atomic E-state index is -5.04. The lowest BCUT2D eigenvalue weighted by Gasteiger charge is -2.16. The third-order valence-electron chi connectivity index (χ3n) is 3.76. The molecule has 0 spiro atoms. The van der Waals surface area contributed by atoms with Crippen LogP contribution in [0.4, 0.5) is 26.3 Å². The van der Waals surface area contributed by atoms with Crippen LogP contribution in [0.15, 0.2) is 36.4 Å². The lowest BCUT2D eigenvalue weighted by Crippen LogP contribution is -2.35. The molecule has 28 heavy (non-hydrogen) atoms. The van der Waals surface area contributed by atoms with E-state index >= 15 is 0 Å². The maximum atomic E-state index is 12.9. The molecule has 12 heteroatoms. The molecule has 0 fully saturated rings. The Kier molecular flexibility index (Phi) is 6.49. The molecule has 0 bridgehead atoms. The van der Waals surface area contributed by atoms with Crippen LogP contribution in [0.1, 0.15) is 22.3 Å². The molecule has 2 aromatic carbocycles. The van der Waals surface area contributed by atoms with E-state index in [1.807, 2.05) is 0 Å². The monoisotopic (exact) mass is 406 g/mol. The summed E-state index contributed by atoms with van der Waals surface area (Å²) in [5.74, 6) is 0. The van der Waals surface area contributed by atoms with Gasteiger partial charge >= 0.3 is 26.6 Å². The number of hydrogen-bond donors (Lipinski definition) is 3. The van der Waals surface area contributed by atoms with Crippen molar-refractivity contribution in [3.05, 3.63) is 58.7 Å². The molecule has 0 aromatic heterocycles. The van der Waals surface area contributed by atoms with Crippen molar-refractivity contribution < 1.29 is 46.1 Å². The van der Waals surface area contributed by atoms with Gasteiger partial charge in [-0.2, -0.15) is 26.3 Å². The number of benzene rings is 2. The van der Waals surface area contributed by atoms with Crippen LogP contribution < -0.4 is 10.9 Å². The van der Waals surface area contributed by atoms with Crippen LogP contribution in [0.2, 0.25) is 0 Å². The molecule has 0 aliphatic carbocycles. The number of alkyl halides is 6. The van der Waals surface area contributed by atoms with Crippen molar-refractivity contribution in [1.82, 2.24) is 0 Å². The first-order chi connectivity index (χ1) is 12.8. The molecule has 0 radical (unpaired) electrons. The quantitative estimate of drug-likeness (QED) is 0.522. The van der Waals surface area contributed by atoms with E-state index in [9.17, 15) is 41.4 Å². The molecule has 4 nitrogen and oxygen atoms in total. The van der Waals surface area contributed by atoms with E-state index in [0.29, 0.717) is 23.3 Å². The Morgan fingerprint density at radius 2 is 1.32 bits per heavy atom. The van der Waals surface area contributed by atoms with Gasteiger partial charge in [0, 0.05) is 0 Å². The molecule has 3 N–H and O–H groups in total. The smallest absolute Gasteiger partial charge is 0.423 e. The molecule has 0 aliphatic rings. The van der Waals surface area contributed by atoms with E-state index in [0.717, 1.165) is 0 Å². The van der Waals surface area contributed by atoms with Crippen molar-refractivity contribution in [1.29, 1.82) is 0 Å². The standard InChI is InChI=1S/C16H14B2F6O4/c1-9-2-10(4-13(3-9)17(25)26)8-28-18(27)14-6-11(15(19,20)21)5-12(7-14)16(22,23)24/h2-7,25-27H,8H2,1H3. The first kappa shape index (κ1) is 22.3. The van der Waals surface area contributed by atoms with E-state index in [2.05, 4.69) is 0 Å². The third kappa shape index (κ3) is 5.74. The summed E-state index contributed by atoms with van der Waals surface area (Å²) in [6.45, 7) is 1.24. The highest BCUT2D eigenvalue weighted by atomic mass is 19.4. The molecule has 0 saturated heterocycles. The minimum absolute atomic E-state index is 0.0499. The Morgan fingerprint density at radius 3 is 1.79 bits per heavy atom. The largest absolute Gasteiger partial charge is 0.491 e. The number of halogens is 6. The second kappa shape index (κ2) is 8.16. The summed E-state index contributed by atoms with van der Waals surface area (Å²) in [5, 5.41) is 28.3. The zero-order valence-corrected chi connectivity index (χ0v) is 14.3. The molecule has 0 saturated carbocycles. The first-order valence-electron chi connectivity index (χ1n) is 7.83. The molecule has 2 aromatic rings. The minimum Gasteiger partial charge on any atom is -0.423 e. The second-order valence-corrected chi connectivity index (χ2v) is 6.13. The predicted molar refractivity (Wildman–Crippen MR) is 89.8 cm³/mol. The SMILES string of the molecule is Cc1cc(COB(O)c2cc(C(F)(F)F)cc(C(F)(F)F)c2)cc(B(O)O)c1. The Balaban J connectivity index is 2.28. The van der Waals surface area contributed by atoms with E-state index in [1.165, 1.54) is 12.1 Å². The molecule has 2 rings (SSSR count). The molecule has 0 heterocycles. The Labute approximate surface area is 156 Å². The number of rotatable bonds is 5. The summed E-state index contributed by atoms with van der Waals surface area (Å²) in [7, 11) is -3.84. The van der Waals surface area contributed by atoms with Crippen molar-refractivity contribution in [3.63, 3.8) is 0 Å². The second-order valence-electron chi connectivity index (χ2n) is 6.13. The average Bonchev–Trinajstić information content (AvgIpc) is 2.57. The maximum Gasteiger partial charge on any atom is 0.491 e. The summed E-state index contributed by atoms with van der Waals surface area (Å²) in [5.41, 5.74) is -2.78. The summed E-state index contributed by atoms with van der Waals surface area (Å²) in [6, 6.07) is 5.03. The van der Waals surface area contributed by atoms with Gasteiger partial charge in [-0.1, -0.05) is 35.9 Å². The molecule has 0 amide bonds. The van der Waals surface area contributed by atoms with Gasteiger partial charge in [-0.15, -0.1) is 0 Å². The van der Waals surface area contributed by atoms with Crippen LogP contribution in [0.3, 0.4) is 0 Å². The van der Waals surface area contributed by atoms with Crippen LogP contribution in [0.5, 0.6) is 0 Å². The lowest BCUT2D eigenvalue weighted by molar-refractivity contribution is -0.142. The summed E-state index contributed by atoms with van der Waals surface area (Å²) >= 11 is 0.